The zero-order valence-electron chi connectivity index (χ0n) is 15.2. The Kier molecular flexibility index (Phi) is 9.09. The number of anilines is 1. The van der Waals surface area contributed by atoms with E-state index in [4.69, 9.17) is 4.99 Å². The smallest absolute Gasteiger partial charge is 0.191 e. The number of thiophene rings is 1. The number of piperidine rings is 1. The van der Waals surface area contributed by atoms with E-state index in [1.807, 2.05) is 11.3 Å². The van der Waals surface area contributed by atoms with E-state index < -0.39 is 0 Å². The summed E-state index contributed by atoms with van der Waals surface area (Å²) >= 11 is 1.84. The number of rotatable bonds is 6. The van der Waals surface area contributed by atoms with E-state index in [0.717, 1.165) is 38.6 Å². The van der Waals surface area contributed by atoms with Crippen molar-refractivity contribution in [1.82, 2.24) is 10.6 Å². The molecule has 6 heteroatoms. The third kappa shape index (κ3) is 6.47. The Morgan fingerprint density at radius 2 is 2.20 bits per heavy atom. The summed E-state index contributed by atoms with van der Waals surface area (Å²) in [6.45, 7) is 6.21. The maximum Gasteiger partial charge on any atom is 0.191 e. The molecule has 1 aromatic rings. The first kappa shape index (κ1) is 20.6. The van der Waals surface area contributed by atoms with Gasteiger partial charge in [-0.25, -0.2) is 0 Å². The van der Waals surface area contributed by atoms with Gasteiger partial charge in [-0.1, -0.05) is 11.6 Å². The average Bonchev–Trinajstić information content (AvgIpc) is 3.29. The van der Waals surface area contributed by atoms with Crippen LogP contribution >= 0.6 is 35.3 Å². The largest absolute Gasteiger partial charge is 0.363 e. The second-order valence-corrected chi connectivity index (χ2v) is 7.55. The van der Waals surface area contributed by atoms with Gasteiger partial charge in [0.15, 0.2) is 5.96 Å². The monoisotopic (exact) mass is 474 g/mol. The SMILES string of the molecule is CCNC(=NCCC1=CCCC1)NC1CCN(c2cccs2)CC1.I. The number of nitrogens with zero attached hydrogens (tertiary/aromatic N) is 2. The van der Waals surface area contributed by atoms with Crippen molar-refractivity contribution in [3.8, 4) is 0 Å². The van der Waals surface area contributed by atoms with Crippen molar-refractivity contribution < 1.29 is 0 Å². The minimum absolute atomic E-state index is 0. The first-order valence-corrected chi connectivity index (χ1v) is 10.2. The van der Waals surface area contributed by atoms with Crippen LogP contribution in [0.25, 0.3) is 0 Å². The van der Waals surface area contributed by atoms with Crippen LogP contribution in [0.5, 0.6) is 0 Å². The van der Waals surface area contributed by atoms with E-state index in [9.17, 15) is 0 Å². The summed E-state index contributed by atoms with van der Waals surface area (Å²) in [5.74, 6) is 0.991. The summed E-state index contributed by atoms with van der Waals surface area (Å²) in [5, 5.41) is 10.6. The summed E-state index contributed by atoms with van der Waals surface area (Å²) in [5.41, 5.74) is 1.60. The van der Waals surface area contributed by atoms with Crippen LogP contribution in [0.1, 0.15) is 45.4 Å². The molecule has 1 aliphatic heterocycles. The predicted octanol–water partition coefficient (Wildman–Crippen LogP) is 4.39. The zero-order valence-corrected chi connectivity index (χ0v) is 18.3. The van der Waals surface area contributed by atoms with Crippen molar-refractivity contribution >= 4 is 46.3 Å². The Hall–Kier alpha value is -0.760. The van der Waals surface area contributed by atoms with E-state index in [1.165, 1.54) is 37.1 Å². The average molecular weight is 474 g/mol. The highest BCUT2D eigenvalue weighted by molar-refractivity contribution is 14.0. The fourth-order valence-corrected chi connectivity index (χ4v) is 4.27. The molecule has 0 saturated carbocycles. The van der Waals surface area contributed by atoms with Gasteiger partial charge in [0.25, 0.3) is 0 Å². The highest BCUT2D eigenvalue weighted by Gasteiger charge is 2.20. The summed E-state index contributed by atoms with van der Waals surface area (Å²) in [6.07, 6.45) is 9.74. The summed E-state index contributed by atoms with van der Waals surface area (Å²) in [6, 6.07) is 4.89. The molecule has 3 rings (SSSR count). The van der Waals surface area contributed by atoms with Crippen molar-refractivity contribution in [2.45, 2.75) is 51.5 Å². The Morgan fingerprint density at radius 1 is 1.36 bits per heavy atom. The van der Waals surface area contributed by atoms with Crippen molar-refractivity contribution in [2.24, 2.45) is 4.99 Å². The molecule has 140 valence electrons. The molecule has 4 nitrogen and oxygen atoms in total. The van der Waals surface area contributed by atoms with Gasteiger partial charge in [-0.15, -0.1) is 35.3 Å². The summed E-state index contributed by atoms with van der Waals surface area (Å²) in [7, 11) is 0. The van der Waals surface area contributed by atoms with E-state index in [-0.39, 0.29) is 24.0 Å². The second-order valence-electron chi connectivity index (χ2n) is 6.62. The summed E-state index contributed by atoms with van der Waals surface area (Å²) < 4.78 is 0. The lowest BCUT2D eigenvalue weighted by atomic mass is 10.1. The van der Waals surface area contributed by atoms with Gasteiger partial charge in [0, 0.05) is 32.2 Å². The van der Waals surface area contributed by atoms with Crippen molar-refractivity contribution in [3.05, 3.63) is 29.2 Å². The third-order valence-electron chi connectivity index (χ3n) is 4.84. The van der Waals surface area contributed by atoms with E-state index in [1.54, 1.807) is 5.57 Å². The number of hydrogen-bond donors (Lipinski definition) is 2. The molecule has 2 heterocycles. The molecule has 1 aliphatic carbocycles. The van der Waals surface area contributed by atoms with Crippen LogP contribution in [-0.2, 0) is 0 Å². The van der Waals surface area contributed by atoms with Crippen LogP contribution in [0.2, 0.25) is 0 Å². The molecule has 0 aromatic carbocycles. The molecular formula is C19H31IN4S. The van der Waals surface area contributed by atoms with Crippen molar-refractivity contribution in [1.29, 1.82) is 0 Å². The Bertz CT molecular complexity index is 548. The molecule has 1 aromatic heterocycles. The van der Waals surface area contributed by atoms with Crippen LogP contribution in [0, 0.1) is 0 Å². The van der Waals surface area contributed by atoms with Gasteiger partial charge in [0.05, 0.1) is 5.00 Å². The van der Waals surface area contributed by atoms with Gasteiger partial charge in [0.1, 0.15) is 0 Å². The van der Waals surface area contributed by atoms with Crippen molar-refractivity contribution in [3.63, 3.8) is 0 Å². The molecule has 1 fully saturated rings. The number of aliphatic imine (C=N–C) groups is 1. The minimum Gasteiger partial charge on any atom is -0.363 e. The molecule has 2 N–H and O–H groups in total. The second kappa shape index (κ2) is 11.1. The summed E-state index contributed by atoms with van der Waals surface area (Å²) in [4.78, 5) is 7.28. The number of halogens is 1. The standard InChI is InChI=1S/C19H30N4S.HI/c1-2-20-19(21-12-9-16-6-3-4-7-16)22-17-10-13-23(14-11-17)18-8-5-15-24-18;/h5-6,8,15,17H,2-4,7,9-14H2,1H3,(H2,20,21,22);1H. The quantitative estimate of drug-likeness (QED) is 0.278. The number of hydrogen-bond acceptors (Lipinski definition) is 3. The topological polar surface area (TPSA) is 39.7 Å². The van der Waals surface area contributed by atoms with Crippen LogP contribution in [-0.4, -0.2) is 38.2 Å². The first-order chi connectivity index (χ1) is 11.8. The van der Waals surface area contributed by atoms with E-state index >= 15 is 0 Å². The molecule has 0 atom stereocenters. The first-order valence-electron chi connectivity index (χ1n) is 9.36. The Balaban J connectivity index is 0.00000225. The number of nitrogens with one attached hydrogen (secondary N) is 2. The van der Waals surface area contributed by atoms with Crippen LogP contribution in [0.3, 0.4) is 0 Å². The maximum atomic E-state index is 4.78. The molecule has 25 heavy (non-hydrogen) atoms. The van der Waals surface area contributed by atoms with Crippen LogP contribution in [0.15, 0.2) is 34.2 Å². The molecule has 0 bridgehead atoms. The highest BCUT2D eigenvalue weighted by Crippen LogP contribution is 2.24. The van der Waals surface area contributed by atoms with Gasteiger partial charge in [-0.2, -0.15) is 0 Å². The number of guanidine groups is 1. The Morgan fingerprint density at radius 3 is 2.84 bits per heavy atom. The maximum absolute atomic E-state index is 4.78. The minimum atomic E-state index is 0. The molecule has 0 amide bonds. The van der Waals surface area contributed by atoms with Gasteiger partial charge in [0.2, 0.25) is 0 Å². The molecule has 2 aliphatic rings. The molecule has 0 spiro atoms. The van der Waals surface area contributed by atoms with Crippen molar-refractivity contribution in [2.75, 3.05) is 31.1 Å². The zero-order chi connectivity index (χ0) is 16.6. The van der Waals surface area contributed by atoms with Crippen LogP contribution < -0.4 is 15.5 Å². The molecule has 0 unspecified atom stereocenters. The Labute approximate surface area is 173 Å². The molecule has 0 radical (unpaired) electrons. The lowest BCUT2D eigenvalue weighted by Gasteiger charge is -2.33. The lowest BCUT2D eigenvalue weighted by molar-refractivity contribution is 0.463. The molecule has 1 saturated heterocycles. The van der Waals surface area contributed by atoms with Gasteiger partial charge < -0.3 is 15.5 Å². The fourth-order valence-electron chi connectivity index (χ4n) is 3.48. The van der Waals surface area contributed by atoms with E-state index in [2.05, 4.69) is 46.0 Å². The normalized spacial score (nSPS) is 18.7. The lowest BCUT2D eigenvalue weighted by Crippen LogP contribution is -2.48. The van der Waals surface area contributed by atoms with Gasteiger partial charge in [-0.3, -0.25) is 4.99 Å². The fraction of sp³-hybridized carbons (Fsp3) is 0.632. The van der Waals surface area contributed by atoms with Gasteiger partial charge >= 0.3 is 0 Å². The van der Waals surface area contributed by atoms with Crippen LogP contribution in [0.4, 0.5) is 5.00 Å². The van der Waals surface area contributed by atoms with E-state index in [0.29, 0.717) is 6.04 Å². The predicted molar refractivity (Wildman–Crippen MR) is 121 cm³/mol. The molecular weight excluding hydrogens is 443 g/mol. The van der Waals surface area contributed by atoms with Gasteiger partial charge in [-0.05, 0) is 63.0 Å². The highest BCUT2D eigenvalue weighted by atomic mass is 127. The number of allylic oxidation sites excluding steroid dienone is 1. The third-order valence-corrected chi connectivity index (χ3v) is 5.76.